The largest absolute Gasteiger partial charge is 0.465 e. The van der Waals surface area contributed by atoms with Crippen LogP contribution in [-0.4, -0.2) is 32.2 Å². The average Bonchev–Trinajstić information content (AvgIpc) is 2.92. The minimum Gasteiger partial charge on any atom is -0.465 e. The van der Waals surface area contributed by atoms with Gasteiger partial charge in [-0.3, -0.25) is 4.98 Å². The zero-order chi connectivity index (χ0) is 29.3. The molecule has 0 bridgehead atoms. The molecule has 0 fully saturated rings. The van der Waals surface area contributed by atoms with E-state index in [4.69, 9.17) is 14.1 Å². The first kappa shape index (κ1) is 32.0. The fourth-order valence-corrected chi connectivity index (χ4v) is 6.77. The lowest BCUT2D eigenvalue weighted by atomic mass is 9.69. The molecule has 1 heterocycles. The quantitative estimate of drug-likeness (QED) is 0.121. The molecular formula is C34H48NO4Si. The van der Waals surface area contributed by atoms with Crippen LogP contribution in [0.1, 0.15) is 106 Å². The molecule has 2 atom stereocenters. The SMILES string of the molecule is CCCCCCCCC(O[Si](C)C)(c1ccc2ccc(CC(O)c3cccc(C(=O)OC)c3)nc2c1)C(C)(C)C. The third kappa shape index (κ3) is 8.02. The van der Waals surface area contributed by atoms with Gasteiger partial charge < -0.3 is 14.3 Å². The lowest BCUT2D eigenvalue weighted by molar-refractivity contribution is -0.0505. The molecule has 5 nitrogen and oxygen atoms in total. The van der Waals surface area contributed by atoms with Crippen LogP contribution in [0.15, 0.2) is 54.6 Å². The number of aliphatic hydroxyl groups excluding tert-OH is 1. The first-order valence-corrected chi connectivity index (χ1v) is 17.2. The Bertz CT molecular complexity index is 1250. The van der Waals surface area contributed by atoms with Crippen molar-refractivity contribution in [2.45, 2.75) is 104 Å². The number of esters is 1. The number of hydrogen-bond acceptors (Lipinski definition) is 5. The summed E-state index contributed by atoms with van der Waals surface area (Å²) < 4.78 is 11.8. The van der Waals surface area contributed by atoms with E-state index in [9.17, 15) is 9.90 Å². The van der Waals surface area contributed by atoms with Gasteiger partial charge in [-0.25, -0.2) is 4.79 Å². The Morgan fingerprint density at radius 1 is 0.975 bits per heavy atom. The van der Waals surface area contributed by atoms with Gasteiger partial charge >= 0.3 is 5.97 Å². The second-order valence-corrected chi connectivity index (χ2v) is 14.2. The Labute approximate surface area is 243 Å². The predicted molar refractivity (Wildman–Crippen MR) is 166 cm³/mol. The van der Waals surface area contributed by atoms with Crippen LogP contribution < -0.4 is 0 Å². The number of aliphatic hydroxyl groups is 1. The Hall–Kier alpha value is -2.54. The van der Waals surface area contributed by atoms with Crippen LogP contribution in [0.25, 0.3) is 10.9 Å². The van der Waals surface area contributed by atoms with Crippen LogP contribution in [0.2, 0.25) is 13.1 Å². The molecule has 0 saturated carbocycles. The smallest absolute Gasteiger partial charge is 0.337 e. The molecule has 40 heavy (non-hydrogen) atoms. The summed E-state index contributed by atoms with van der Waals surface area (Å²) in [4.78, 5) is 16.9. The van der Waals surface area contributed by atoms with E-state index >= 15 is 0 Å². The number of nitrogens with zero attached hydrogens (tertiary/aromatic N) is 1. The molecule has 2 aromatic carbocycles. The van der Waals surface area contributed by atoms with E-state index in [1.807, 2.05) is 12.1 Å². The predicted octanol–water partition coefficient (Wildman–Crippen LogP) is 8.56. The van der Waals surface area contributed by atoms with Gasteiger partial charge in [0.1, 0.15) is 0 Å². The average molecular weight is 563 g/mol. The third-order valence-corrected chi connectivity index (χ3v) is 8.54. The number of fused-ring (bicyclic) bond motifs is 1. The molecule has 217 valence electrons. The number of ether oxygens (including phenoxy) is 1. The van der Waals surface area contributed by atoms with Crippen LogP contribution >= 0.6 is 0 Å². The third-order valence-electron chi connectivity index (χ3n) is 7.78. The number of unbranched alkanes of at least 4 members (excludes halogenated alkanes) is 5. The summed E-state index contributed by atoms with van der Waals surface area (Å²) in [6.07, 6.45) is 8.06. The number of carbonyl (C=O) groups is 1. The zero-order valence-corrected chi connectivity index (χ0v) is 26.5. The fourth-order valence-electron chi connectivity index (χ4n) is 5.55. The standard InChI is InChI=1S/C34H48NO4Si/c1-8-9-10-11-12-13-21-34(33(2,3)4,39-40(6)7)28-19-17-25-18-20-29(35-30(25)23-28)24-31(36)26-15-14-16-27(22-26)32(37)38-5/h14-20,22-23,31,36H,8-13,21,24H2,1-7H3. The fraction of sp³-hybridized carbons (Fsp3) is 0.529. The van der Waals surface area contributed by atoms with Gasteiger partial charge in [-0.05, 0) is 60.3 Å². The van der Waals surface area contributed by atoms with E-state index in [1.165, 1.54) is 44.8 Å². The maximum absolute atomic E-state index is 11.9. The number of hydrogen-bond donors (Lipinski definition) is 1. The summed E-state index contributed by atoms with van der Waals surface area (Å²) >= 11 is 0. The van der Waals surface area contributed by atoms with Gasteiger partial charge in [0.15, 0.2) is 0 Å². The van der Waals surface area contributed by atoms with Gasteiger partial charge in [0, 0.05) is 17.5 Å². The molecular weight excluding hydrogens is 514 g/mol. The van der Waals surface area contributed by atoms with Crippen molar-refractivity contribution in [3.63, 3.8) is 0 Å². The van der Waals surface area contributed by atoms with Crippen molar-refractivity contribution < 1.29 is 19.1 Å². The zero-order valence-electron chi connectivity index (χ0n) is 25.5. The molecule has 3 rings (SSSR count). The molecule has 0 aliphatic rings. The number of carbonyl (C=O) groups excluding carboxylic acids is 1. The minimum absolute atomic E-state index is 0.0928. The second-order valence-electron chi connectivity index (χ2n) is 12.2. The summed E-state index contributed by atoms with van der Waals surface area (Å²) in [5, 5.41) is 12.0. The molecule has 1 N–H and O–H groups in total. The van der Waals surface area contributed by atoms with Crippen molar-refractivity contribution in [3.05, 3.63) is 77.0 Å². The normalized spacial score (nSPS) is 14.3. The first-order valence-electron chi connectivity index (χ1n) is 14.8. The van der Waals surface area contributed by atoms with Crippen LogP contribution in [0.4, 0.5) is 0 Å². The Morgan fingerprint density at radius 3 is 2.35 bits per heavy atom. The summed E-state index contributed by atoms with van der Waals surface area (Å²) in [5.41, 5.74) is 3.49. The van der Waals surface area contributed by atoms with Gasteiger partial charge in [0.2, 0.25) is 9.04 Å². The Balaban J connectivity index is 1.91. The molecule has 6 heteroatoms. The summed E-state index contributed by atoms with van der Waals surface area (Å²) in [6.45, 7) is 13.6. The van der Waals surface area contributed by atoms with Gasteiger partial charge in [-0.1, -0.05) is 96.6 Å². The van der Waals surface area contributed by atoms with Crippen LogP contribution in [-0.2, 0) is 21.2 Å². The molecule has 2 unspecified atom stereocenters. The van der Waals surface area contributed by atoms with Crippen LogP contribution in [0, 0.1) is 5.41 Å². The van der Waals surface area contributed by atoms with Gasteiger partial charge in [0.05, 0.1) is 29.9 Å². The molecule has 3 aromatic rings. The molecule has 0 saturated heterocycles. The number of rotatable bonds is 14. The topological polar surface area (TPSA) is 68.7 Å². The highest BCUT2D eigenvalue weighted by molar-refractivity contribution is 6.48. The van der Waals surface area contributed by atoms with Crippen molar-refractivity contribution in [2.75, 3.05) is 7.11 Å². The van der Waals surface area contributed by atoms with E-state index in [-0.39, 0.29) is 5.41 Å². The van der Waals surface area contributed by atoms with Crippen molar-refractivity contribution in [1.82, 2.24) is 4.98 Å². The number of benzene rings is 2. The van der Waals surface area contributed by atoms with Crippen LogP contribution in [0.5, 0.6) is 0 Å². The summed E-state index contributed by atoms with van der Waals surface area (Å²) in [5.74, 6) is -0.417. The number of pyridine rings is 1. The maximum Gasteiger partial charge on any atom is 0.337 e. The van der Waals surface area contributed by atoms with E-state index in [2.05, 4.69) is 65.1 Å². The number of methoxy groups -OCH3 is 1. The van der Waals surface area contributed by atoms with E-state index in [0.717, 1.165) is 29.4 Å². The Morgan fingerprint density at radius 2 is 1.68 bits per heavy atom. The van der Waals surface area contributed by atoms with Crippen molar-refractivity contribution >= 4 is 25.9 Å². The molecule has 0 amide bonds. The molecule has 0 aliphatic carbocycles. The number of aromatic nitrogens is 1. The van der Waals surface area contributed by atoms with Crippen LogP contribution in [0.3, 0.4) is 0 Å². The van der Waals surface area contributed by atoms with E-state index in [1.54, 1.807) is 18.2 Å². The lowest BCUT2D eigenvalue weighted by Gasteiger charge is -2.47. The Kier molecular flexibility index (Phi) is 11.5. The lowest BCUT2D eigenvalue weighted by Crippen LogP contribution is -2.45. The molecule has 0 aliphatic heterocycles. The summed E-state index contributed by atoms with van der Waals surface area (Å²) in [7, 11) is 0.380. The first-order chi connectivity index (χ1) is 19.0. The minimum atomic E-state index is -0.975. The van der Waals surface area contributed by atoms with Gasteiger partial charge in [-0.15, -0.1) is 0 Å². The summed E-state index contributed by atoms with van der Waals surface area (Å²) in [6, 6.07) is 17.6. The van der Waals surface area contributed by atoms with Crippen molar-refractivity contribution in [1.29, 1.82) is 0 Å². The maximum atomic E-state index is 11.9. The second kappa shape index (κ2) is 14.4. The molecule has 1 aromatic heterocycles. The van der Waals surface area contributed by atoms with Crippen molar-refractivity contribution in [2.24, 2.45) is 5.41 Å². The van der Waals surface area contributed by atoms with E-state index < -0.39 is 26.7 Å². The monoisotopic (exact) mass is 562 g/mol. The van der Waals surface area contributed by atoms with Gasteiger partial charge in [0.25, 0.3) is 0 Å². The highest BCUT2D eigenvalue weighted by atomic mass is 28.3. The molecule has 1 radical (unpaired) electrons. The van der Waals surface area contributed by atoms with Gasteiger partial charge in [-0.2, -0.15) is 0 Å². The van der Waals surface area contributed by atoms with Crippen molar-refractivity contribution in [3.8, 4) is 0 Å². The highest BCUT2D eigenvalue weighted by Crippen LogP contribution is 2.47. The van der Waals surface area contributed by atoms with E-state index in [0.29, 0.717) is 17.5 Å². The molecule has 0 spiro atoms. The highest BCUT2D eigenvalue weighted by Gasteiger charge is 2.44.